The number of Topliss-reactive ketones (excluding diaryl/α,β-unsaturated/α-hetero) is 1. The van der Waals surface area contributed by atoms with Gasteiger partial charge in [0.25, 0.3) is 5.69 Å². The molecule has 5 rings (SSSR count). The summed E-state index contributed by atoms with van der Waals surface area (Å²) in [4.78, 5) is 37.4. The van der Waals surface area contributed by atoms with Crippen molar-refractivity contribution in [2.24, 2.45) is 0 Å². The summed E-state index contributed by atoms with van der Waals surface area (Å²) in [7, 11) is 0. The van der Waals surface area contributed by atoms with Gasteiger partial charge in [-0.1, -0.05) is 42.5 Å². The first-order chi connectivity index (χ1) is 17.9. The summed E-state index contributed by atoms with van der Waals surface area (Å²) in [5, 5.41) is 14.3. The van der Waals surface area contributed by atoms with Crippen LogP contribution in [0.1, 0.15) is 46.8 Å². The summed E-state index contributed by atoms with van der Waals surface area (Å²) >= 11 is 0. The fourth-order valence-electron chi connectivity index (χ4n) is 4.84. The third-order valence-corrected chi connectivity index (χ3v) is 6.52. The van der Waals surface area contributed by atoms with Crippen LogP contribution in [0.5, 0.6) is 5.75 Å². The zero-order valence-corrected chi connectivity index (χ0v) is 20.3. The van der Waals surface area contributed by atoms with E-state index in [4.69, 9.17) is 9.47 Å². The molecule has 2 aliphatic rings. The quantitative estimate of drug-likeness (QED) is 0.268. The van der Waals surface area contributed by atoms with Gasteiger partial charge in [-0.15, -0.1) is 0 Å². The normalized spacial score (nSPS) is 16.2. The Kier molecular flexibility index (Phi) is 6.31. The predicted octanol–water partition coefficient (Wildman–Crippen LogP) is 5.31. The number of benzene rings is 3. The number of nitrogens with zero attached hydrogens (tertiary/aromatic N) is 1. The van der Waals surface area contributed by atoms with Crippen molar-refractivity contribution in [1.29, 1.82) is 0 Å². The topological polar surface area (TPSA) is 108 Å². The first kappa shape index (κ1) is 24.0. The van der Waals surface area contributed by atoms with Crippen molar-refractivity contribution >= 4 is 23.1 Å². The second-order valence-electron chi connectivity index (χ2n) is 8.73. The molecule has 0 saturated carbocycles. The molecule has 8 heteroatoms. The van der Waals surface area contributed by atoms with Gasteiger partial charge >= 0.3 is 5.97 Å². The van der Waals surface area contributed by atoms with Crippen molar-refractivity contribution in [1.82, 2.24) is 5.32 Å². The number of hydrogen-bond acceptors (Lipinski definition) is 7. The maximum absolute atomic E-state index is 13.7. The lowest BCUT2D eigenvalue weighted by molar-refractivity contribution is -0.384. The number of ether oxygens (including phenoxy) is 2. The van der Waals surface area contributed by atoms with E-state index in [-0.39, 0.29) is 24.7 Å². The number of hydrogen-bond donors (Lipinski definition) is 1. The number of nitro groups is 1. The Morgan fingerprint density at radius 1 is 1.00 bits per heavy atom. The zero-order chi connectivity index (χ0) is 26.1. The average Bonchev–Trinajstić information content (AvgIpc) is 3.18. The van der Waals surface area contributed by atoms with Crippen LogP contribution in [0.2, 0.25) is 0 Å². The van der Waals surface area contributed by atoms with Crippen LogP contribution in [0.25, 0.3) is 5.70 Å². The lowest BCUT2D eigenvalue weighted by atomic mass is 9.79. The molecule has 1 aliphatic carbocycles. The molecule has 3 aromatic carbocycles. The first-order valence-corrected chi connectivity index (χ1v) is 11.9. The van der Waals surface area contributed by atoms with Gasteiger partial charge in [0.2, 0.25) is 0 Å². The summed E-state index contributed by atoms with van der Waals surface area (Å²) in [6, 6.07) is 20.8. The second kappa shape index (κ2) is 9.73. The Morgan fingerprint density at radius 3 is 2.38 bits per heavy atom. The van der Waals surface area contributed by atoms with Crippen LogP contribution in [0.4, 0.5) is 5.69 Å². The van der Waals surface area contributed by atoms with E-state index in [9.17, 15) is 19.7 Å². The number of ketones is 1. The van der Waals surface area contributed by atoms with Gasteiger partial charge in [0.1, 0.15) is 12.4 Å². The second-order valence-corrected chi connectivity index (χ2v) is 8.73. The fourth-order valence-corrected chi connectivity index (χ4v) is 4.84. The van der Waals surface area contributed by atoms with E-state index >= 15 is 0 Å². The summed E-state index contributed by atoms with van der Waals surface area (Å²) in [6.45, 7) is 3.88. The van der Waals surface area contributed by atoms with Gasteiger partial charge in [-0.2, -0.15) is 0 Å². The molecule has 0 amide bonds. The Morgan fingerprint density at radius 2 is 1.68 bits per heavy atom. The van der Waals surface area contributed by atoms with Crippen molar-refractivity contribution in [2.45, 2.75) is 26.4 Å². The van der Waals surface area contributed by atoms with E-state index in [0.717, 1.165) is 11.1 Å². The first-order valence-electron chi connectivity index (χ1n) is 11.9. The van der Waals surface area contributed by atoms with Gasteiger partial charge in [-0.05, 0) is 37.6 Å². The highest BCUT2D eigenvalue weighted by atomic mass is 16.6. The summed E-state index contributed by atoms with van der Waals surface area (Å²) in [5.74, 6) is -0.859. The maximum Gasteiger partial charge on any atom is 0.336 e. The lowest BCUT2D eigenvalue weighted by Gasteiger charge is -2.30. The predicted molar refractivity (Wildman–Crippen MR) is 137 cm³/mol. The van der Waals surface area contributed by atoms with E-state index in [1.807, 2.05) is 36.4 Å². The molecule has 0 aromatic heterocycles. The highest BCUT2D eigenvalue weighted by Gasteiger charge is 2.43. The molecule has 1 atom stereocenters. The molecule has 0 spiro atoms. The average molecular weight is 497 g/mol. The van der Waals surface area contributed by atoms with Gasteiger partial charge < -0.3 is 14.8 Å². The number of non-ortho nitro benzene ring substituents is 1. The Balaban J connectivity index is 1.57. The highest BCUT2D eigenvalue weighted by Crippen LogP contribution is 2.48. The van der Waals surface area contributed by atoms with Gasteiger partial charge in [0.15, 0.2) is 5.78 Å². The number of dihydropyridines is 1. The van der Waals surface area contributed by atoms with Crippen LogP contribution in [0.15, 0.2) is 89.6 Å². The molecule has 0 unspecified atom stereocenters. The van der Waals surface area contributed by atoms with Crippen molar-refractivity contribution in [2.75, 3.05) is 6.61 Å². The zero-order valence-electron chi connectivity index (χ0n) is 20.3. The van der Waals surface area contributed by atoms with Gasteiger partial charge in [0.05, 0.1) is 28.7 Å². The number of esters is 1. The molecule has 3 aromatic rings. The Bertz CT molecular complexity index is 1490. The molecule has 1 N–H and O–H groups in total. The number of allylic oxidation sites excluding steroid dienone is 2. The standard InChI is InChI=1S/C29H24N2O6/c1-3-36-29(33)24-17(2)30-27-20-8-4-5-9-21(20)28(32)26(27)25(24)22-10-6-7-11-23(22)37-16-18-12-14-19(15-13-18)31(34)35/h4-15,25,30H,3,16H2,1-2H3/t25-/m1/s1. The number of rotatable bonds is 7. The van der Waals surface area contributed by atoms with Crippen molar-refractivity contribution in [3.63, 3.8) is 0 Å². The van der Waals surface area contributed by atoms with Crippen molar-refractivity contribution < 1.29 is 24.0 Å². The molecule has 37 heavy (non-hydrogen) atoms. The monoisotopic (exact) mass is 496 g/mol. The molecule has 0 fully saturated rings. The van der Waals surface area contributed by atoms with E-state index in [0.29, 0.717) is 39.4 Å². The molecule has 0 bridgehead atoms. The van der Waals surface area contributed by atoms with Gasteiger partial charge in [-0.3, -0.25) is 14.9 Å². The van der Waals surface area contributed by atoms with E-state index in [2.05, 4.69) is 5.32 Å². The van der Waals surface area contributed by atoms with Crippen molar-refractivity contribution in [3.8, 4) is 5.75 Å². The van der Waals surface area contributed by atoms with Crippen LogP contribution < -0.4 is 10.1 Å². The van der Waals surface area contributed by atoms with Crippen molar-refractivity contribution in [3.05, 3.63) is 122 Å². The number of fused-ring (bicyclic) bond motifs is 2. The number of nitro benzene ring substituents is 1. The van der Waals surface area contributed by atoms with Crippen LogP contribution in [0, 0.1) is 10.1 Å². The molecule has 1 heterocycles. The summed E-state index contributed by atoms with van der Waals surface area (Å²) in [5.41, 5.74) is 4.88. The van der Waals surface area contributed by atoms with Gasteiger partial charge in [0, 0.05) is 40.1 Å². The molecule has 0 saturated heterocycles. The van der Waals surface area contributed by atoms with Crippen LogP contribution >= 0.6 is 0 Å². The molecule has 0 radical (unpaired) electrons. The molecule has 8 nitrogen and oxygen atoms in total. The lowest BCUT2D eigenvalue weighted by Crippen LogP contribution is -2.29. The maximum atomic E-state index is 13.7. The van der Waals surface area contributed by atoms with E-state index in [1.54, 1.807) is 38.1 Å². The molecular weight excluding hydrogens is 472 g/mol. The molecule has 1 aliphatic heterocycles. The number of carbonyl (C=O) groups is 2. The summed E-state index contributed by atoms with van der Waals surface area (Å²) in [6.07, 6.45) is 0. The molecule has 186 valence electrons. The summed E-state index contributed by atoms with van der Waals surface area (Å²) < 4.78 is 11.6. The number of nitrogens with one attached hydrogen (secondary N) is 1. The van der Waals surface area contributed by atoms with Crippen LogP contribution in [0.3, 0.4) is 0 Å². The minimum absolute atomic E-state index is 0.00248. The van der Waals surface area contributed by atoms with E-state index < -0.39 is 16.8 Å². The minimum Gasteiger partial charge on any atom is -0.489 e. The third-order valence-electron chi connectivity index (χ3n) is 6.52. The fraction of sp³-hybridized carbons (Fsp3) is 0.172. The molecular formula is C29H24N2O6. The number of para-hydroxylation sites is 1. The minimum atomic E-state index is -0.705. The Hall–Kier alpha value is -4.72. The Labute approximate surface area is 213 Å². The van der Waals surface area contributed by atoms with Crippen LogP contribution in [-0.4, -0.2) is 23.3 Å². The smallest absolute Gasteiger partial charge is 0.336 e. The third kappa shape index (κ3) is 4.27. The largest absolute Gasteiger partial charge is 0.489 e. The SMILES string of the molecule is CCOC(=O)C1=C(C)NC2=C(C(=O)c3ccccc32)[C@@H]1c1ccccc1OCc1ccc([N+](=O)[O-])cc1. The van der Waals surface area contributed by atoms with E-state index in [1.165, 1.54) is 12.1 Å². The number of carbonyl (C=O) groups excluding carboxylic acids is 2. The van der Waals surface area contributed by atoms with Crippen LogP contribution in [-0.2, 0) is 16.1 Å². The van der Waals surface area contributed by atoms with Gasteiger partial charge in [-0.25, -0.2) is 4.79 Å². The highest BCUT2D eigenvalue weighted by molar-refractivity contribution is 6.23.